The van der Waals surface area contributed by atoms with E-state index in [0.29, 0.717) is 17.8 Å². The molecule has 1 heterocycles. The molecule has 5 heteroatoms. The highest BCUT2D eigenvalue weighted by Gasteiger charge is 2.27. The number of hydrogen-bond donors (Lipinski definition) is 3. The Hall–Kier alpha value is -1.75. The fourth-order valence-electron chi connectivity index (χ4n) is 2.51. The second-order valence-electron chi connectivity index (χ2n) is 5.94. The van der Waals surface area contributed by atoms with Gasteiger partial charge in [0.25, 0.3) is 5.91 Å². The molecule has 0 atom stereocenters. The Balaban J connectivity index is 2.10. The van der Waals surface area contributed by atoms with Gasteiger partial charge < -0.3 is 21.1 Å². The Kier molecular flexibility index (Phi) is 5.07. The summed E-state index contributed by atoms with van der Waals surface area (Å²) in [6.07, 6.45) is 2.05. The molecule has 21 heavy (non-hydrogen) atoms. The van der Waals surface area contributed by atoms with Crippen molar-refractivity contribution in [2.24, 2.45) is 5.41 Å². The molecular formula is C16H25N3O2. The van der Waals surface area contributed by atoms with Crippen molar-refractivity contribution in [2.45, 2.75) is 26.7 Å². The molecule has 0 aromatic heterocycles. The minimum Gasteiger partial charge on any atom is -0.399 e. The summed E-state index contributed by atoms with van der Waals surface area (Å²) in [6, 6.07) is 5.36. The summed E-state index contributed by atoms with van der Waals surface area (Å²) in [6.45, 7) is 7.19. The third kappa shape index (κ3) is 4.11. The molecule has 116 valence electrons. The summed E-state index contributed by atoms with van der Waals surface area (Å²) in [7, 11) is 0. The molecule has 4 N–H and O–H groups in total. The van der Waals surface area contributed by atoms with Gasteiger partial charge >= 0.3 is 0 Å². The monoisotopic (exact) mass is 291 g/mol. The van der Waals surface area contributed by atoms with Crippen LogP contribution in [0.4, 0.5) is 11.4 Å². The minimum absolute atomic E-state index is 0.0721. The van der Waals surface area contributed by atoms with Gasteiger partial charge in [-0.3, -0.25) is 4.79 Å². The Morgan fingerprint density at radius 3 is 2.76 bits per heavy atom. The number of anilines is 2. The molecule has 1 aliphatic rings. The third-order valence-corrected chi connectivity index (χ3v) is 4.03. The topological polar surface area (TPSA) is 76.4 Å². The van der Waals surface area contributed by atoms with Gasteiger partial charge in [-0.1, -0.05) is 6.92 Å². The molecule has 1 aromatic rings. The smallest absolute Gasteiger partial charge is 0.253 e. The van der Waals surface area contributed by atoms with E-state index < -0.39 is 0 Å². The van der Waals surface area contributed by atoms with Crippen LogP contribution in [-0.4, -0.2) is 32.2 Å². The van der Waals surface area contributed by atoms with Crippen LogP contribution in [0.3, 0.4) is 0 Å². The van der Waals surface area contributed by atoms with Crippen molar-refractivity contribution in [1.29, 1.82) is 0 Å². The summed E-state index contributed by atoms with van der Waals surface area (Å²) in [5.74, 6) is -0.0721. The summed E-state index contributed by atoms with van der Waals surface area (Å²) >= 11 is 0. The summed E-state index contributed by atoms with van der Waals surface area (Å²) in [5.41, 5.74) is 8.14. The zero-order valence-corrected chi connectivity index (χ0v) is 12.9. The summed E-state index contributed by atoms with van der Waals surface area (Å²) < 4.78 is 5.42. The van der Waals surface area contributed by atoms with Crippen molar-refractivity contribution in [2.75, 3.05) is 37.4 Å². The molecular weight excluding hydrogens is 266 g/mol. The number of nitrogens with one attached hydrogen (secondary N) is 2. The van der Waals surface area contributed by atoms with E-state index in [0.717, 1.165) is 38.3 Å². The first kappa shape index (κ1) is 15.6. The van der Waals surface area contributed by atoms with Crippen LogP contribution in [0.2, 0.25) is 0 Å². The van der Waals surface area contributed by atoms with Gasteiger partial charge in [0.05, 0.1) is 5.56 Å². The average Bonchev–Trinajstić information content (AvgIpc) is 2.46. The quantitative estimate of drug-likeness (QED) is 0.727. The van der Waals surface area contributed by atoms with E-state index in [1.54, 1.807) is 12.1 Å². The van der Waals surface area contributed by atoms with E-state index in [1.165, 1.54) is 0 Å². The Bertz CT molecular complexity index is 496. The lowest BCUT2D eigenvalue weighted by atomic mass is 9.82. The third-order valence-electron chi connectivity index (χ3n) is 4.03. The number of carbonyl (C=O) groups is 1. The molecule has 1 amide bonds. The lowest BCUT2D eigenvalue weighted by Crippen LogP contribution is -2.34. The fraction of sp³-hybridized carbons (Fsp3) is 0.562. The molecule has 2 rings (SSSR count). The predicted molar refractivity (Wildman–Crippen MR) is 85.5 cm³/mol. The van der Waals surface area contributed by atoms with Gasteiger partial charge in [-0.2, -0.15) is 0 Å². The normalized spacial score (nSPS) is 17.2. The maximum Gasteiger partial charge on any atom is 0.253 e. The van der Waals surface area contributed by atoms with E-state index in [2.05, 4.69) is 17.6 Å². The second kappa shape index (κ2) is 6.80. The van der Waals surface area contributed by atoms with Crippen molar-refractivity contribution >= 4 is 17.3 Å². The van der Waals surface area contributed by atoms with E-state index in [4.69, 9.17) is 10.5 Å². The molecule has 0 unspecified atom stereocenters. The zero-order chi connectivity index (χ0) is 15.3. The molecule has 0 spiro atoms. The lowest BCUT2D eigenvalue weighted by molar-refractivity contribution is 0.0300. The number of nitrogens with two attached hydrogens (primary N) is 1. The van der Waals surface area contributed by atoms with Crippen LogP contribution in [0.5, 0.6) is 0 Å². The number of benzene rings is 1. The molecule has 0 saturated carbocycles. The number of carbonyl (C=O) groups excluding carboxylic acids is 1. The lowest BCUT2D eigenvalue weighted by Gasteiger charge is -2.34. The molecule has 0 aliphatic carbocycles. The van der Waals surface area contributed by atoms with Gasteiger partial charge in [-0.15, -0.1) is 0 Å². The van der Waals surface area contributed by atoms with Gasteiger partial charge in [0.15, 0.2) is 0 Å². The predicted octanol–water partition coefficient (Wildman–Crippen LogP) is 2.25. The largest absolute Gasteiger partial charge is 0.399 e. The first-order valence-electron chi connectivity index (χ1n) is 7.53. The van der Waals surface area contributed by atoms with Crippen LogP contribution >= 0.6 is 0 Å². The maximum atomic E-state index is 12.1. The summed E-state index contributed by atoms with van der Waals surface area (Å²) in [4.78, 5) is 12.1. The number of nitrogen functional groups attached to an aromatic ring is 1. The molecule has 0 bridgehead atoms. The number of rotatable bonds is 5. The Morgan fingerprint density at radius 2 is 2.10 bits per heavy atom. The van der Waals surface area contributed by atoms with Crippen LogP contribution in [-0.2, 0) is 4.74 Å². The second-order valence-corrected chi connectivity index (χ2v) is 5.94. The van der Waals surface area contributed by atoms with Crippen molar-refractivity contribution in [3.05, 3.63) is 23.8 Å². The van der Waals surface area contributed by atoms with Crippen LogP contribution in [0.15, 0.2) is 18.2 Å². The number of ether oxygens (including phenoxy) is 1. The van der Waals surface area contributed by atoms with Crippen LogP contribution in [0, 0.1) is 5.41 Å². The van der Waals surface area contributed by atoms with Gasteiger partial charge in [0.2, 0.25) is 0 Å². The van der Waals surface area contributed by atoms with Gasteiger partial charge in [-0.25, -0.2) is 0 Å². The molecule has 0 radical (unpaired) electrons. The standard InChI is InChI=1S/C16H25N3O2/c1-3-18-15(20)13-5-4-12(17)10-14(13)19-11-16(2)6-8-21-9-7-16/h4-5,10,19H,3,6-9,11,17H2,1-2H3,(H,18,20). The van der Waals surface area contributed by atoms with E-state index in [1.807, 2.05) is 13.0 Å². The van der Waals surface area contributed by atoms with E-state index >= 15 is 0 Å². The molecule has 1 fully saturated rings. The van der Waals surface area contributed by atoms with Crippen molar-refractivity contribution in [3.8, 4) is 0 Å². The highest BCUT2D eigenvalue weighted by molar-refractivity contribution is 6.00. The van der Waals surface area contributed by atoms with E-state index in [9.17, 15) is 4.79 Å². The number of amides is 1. The van der Waals surface area contributed by atoms with Gasteiger partial charge in [-0.05, 0) is 43.4 Å². The van der Waals surface area contributed by atoms with Crippen molar-refractivity contribution in [1.82, 2.24) is 5.32 Å². The van der Waals surface area contributed by atoms with Gasteiger partial charge in [0.1, 0.15) is 0 Å². The maximum absolute atomic E-state index is 12.1. The minimum atomic E-state index is -0.0721. The summed E-state index contributed by atoms with van der Waals surface area (Å²) in [5, 5.41) is 6.24. The molecule has 1 aromatic carbocycles. The van der Waals surface area contributed by atoms with Crippen LogP contribution in [0.25, 0.3) is 0 Å². The Labute approximate surface area is 126 Å². The molecule has 1 saturated heterocycles. The van der Waals surface area contributed by atoms with Gasteiger partial charge in [0, 0.05) is 37.7 Å². The zero-order valence-electron chi connectivity index (χ0n) is 12.9. The molecule has 1 aliphatic heterocycles. The fourth-order valence-corrected chi connectivity index (χ4v) is 2.51. The van der Waals surface area contributed by atoms with Crippen LogP contribution < -0.4 is 16.4 Å². The van der Waals surface area contributed by atoms with E-state index in [-0.39, 0.29) is 11.3 Å². The number of hydrogen-bond acceptors (Lipinski definition) is 4. The highest BCUT2D eigenvalue weighted by Crippen LogP contribution is 2.31. The first-order chi connectivity index (χ1) is 10.0. The average molecular weight is 291 g/mol. The van der Waals surface area contributed by atoms with Crippen molar-refractivity contribution in [3.63, 3.8) is 0 Å². The van der Waals surface area contributed by atoms with Crippen molar-refractivity contribution < 1.29 is 9.53 Å². The first-order valence-corrected chi connectivity index (χ1v) is 7.53. The Morgan fingerprint density at radius 1 is 1.38 bits per heavy atom. The highest BCUT2D eigenvalue weighted by atomic mass is 16.5. The SMILES string of the molecule is CCNC(=O)c1ccc(N)cc1NCC1(C)CCOCC1. The molecule has 5 nitrogen and oxygen atoms in total. The van der Waals surface area contributed by atoms with Crippen LogP contribution in [0.1, 0.15) is 37.0 Å².